The molecular formula is C13H12ClN5O. The predicted molar refractivity (Wildman–Crippen MR) is 73.3 cm³/mol. The van der Waals surface area contributed by atoms with Crippen LogP contribution in [0.5, 0.6) is 0 Å². The van der Waals surface area contributed by atoms with Gasteiger partial charge < -0.3 is 4.52 Å². The zero-order valence-corrected chi connectivity index (χ0v) is 11.6. The highest BCUT2D eigenvalue weighted by Gasteiger charge is 2.12. The van der Waals surface area contributed by atoms with E-state index in [2.05, 4.69) is 25.3 Å². The van der Waals surface area contributed by atoms with Gasteiger partial charge in [0.25, 0.3) is 0 Å². The van der Waals surface area contributed by atoms with E-state index in [1.54, 1.807) is 6.07 Å². The topological polar surface area (TPSA) is 80.5 Å². The lowest BCUT2D eigenvalue weighted by Gasteiger charge is -1.95. The standard InChI is InChI=1S/C13H12ClN5O/c1-8-15-11(18-17-8)6-7-12-16-13(19-20-12)9-4-2-3-5-10(9)14/h2-5H,6-7H2,1H3,(H,15,17,18). The summed E-state index contributed by atoms with van der Waals surface area (Å²) in [6.45, 7) is 1.86. The molecule has 3 rings (SSSR count). The zero-order chi connectivity index (χ0) is 13.9. The van der Waals surface area contributed by atoms with Crippen LogP contribution in [0.15, 0.2) is 28.8 Å². The van der Waals surface area contributed by atoms with Gasteiger partial charge in [-0.2, -0.15) is 10.1 Å². The van der Waals surface area contributed by atoms with Crippen LogP contribution >= 0.6 is 11.6 Å². The van der Waals surface area contributed by atoms with Crippen molar-refractivity contribution in [3.8, 4) is 11.4 Å². The molecule has 0 saturated heterocycles. The number of halogens is 1. The third-order valence-corrected chi connectivity index (χ3v) is 3.12. The second-order valence-electron chi connectivity index (χ2n) is 4.33. The average molecular weight is 290 g/mol. The number of nitrogens with zero attached hydrogens (tertiary/aromatic N) is 4. The predicted octanol–water partition coefficient (Wildman–Crippen LogP) is 2.60. The van der Waals surface area contributed by atoms with Crippen LogP contribution < -0.4 is 0 Å². The van der Waals surface area contributed by atoms with Crippen LogP contribution in [0.1, 0.15) is 17.5 Å². The van der Waals surface area contributed by atoms with Crippen LogP contribution in [0.4, 0.5) is 0 Å². The zero-order valence-electron chi connectivity index (χ0n) is 10.8. The lowest BCUT2D eigenvalue weighted by atomic mass is 10.2. The third-order valence-electron chi connectivity index (χ3n) is 2.79. The van der Waals surface area contributed by atoms with Crippen LogP contribution in [-0.2, 0) is 12.8 Å². The summed E-state index contributed by atoms with van der Waals surface area (Å²) in [5, 5.41) is 11.4. The van der Waals surface area contributed by atoms with Crippen LogP contribution in [0.3, 0.4) is 0 Å². The molecule has 0 bridgehead atoms. The fourth-order valence-electron chi connectivity index (χ4n) is 1.83. The number of nitrogens with one attached hydrogen (secondary N) is 1. The maximum absolute atomic E-state index is 6.10. The second kappa shape index (κ2) is 5.42. The Morgan fingerprint density at radius 1 is 1.20 bits per heavy atom. The number of aromatic nitrogens is 5. The Hall–Kier alpha value is -2.21. The summed E-state index contributed by atoms with van der Waals surface area (Å²) in [7, 11) is 0. The molecule has 0 fully saturated rings. The van der Waals surface area contributed by atoms with E-state index in [1.165, 1.54) is 0 Å². The SMILES string of the molecule is Cc1nc(CCc2nc(-c3ccccc3Cl)no2)n[nH]1. The van der Waals surface area contributed by atoms with E-state index in [1.807, 2.05) is 25.1 Å². The number of aryl methyl sites for hydroxylation is 3. The molecule has 0 aliphatic heterocycles. The third kappa shape index (κ3) is 2.70. The van der Waals surface area contributed by atoms with Gasteiger partial charge in [-0.3, -0.25) is 5.10 Å². The summed E-state index contributed by atoms with van der Waals surface area (Å²) in [5.74, 6) is 2.57. The number of hydrogen-bond acceptors (Lipinski definition) is 5. The van der Waals surface area contributed by atoms with Crippen molar-refractivity contribution in [2.45, 2.75) is 19.8 Å². The van der Waals surface area contributed by atoms with Crippen molar-refractivity contribution in [1.29, 1.82) is 0 Å². The summed E-state index contributed by atoms with van der Waals surface area (Å²) in [4.78, 5) is 8.56. The summed E-state index contributed by atoms with van der Waals surface area (Å²) in [6, 6.07) is 7.39. The number of H-pyrrole nitrogens is 1. The van der Waals surface area contributed by atoms with Crippen molar-refractivity contribution >= 4 is 11.6 Å². The van der Waals surface area contributed by atoms with Crippen LogP contribution in [0.25, 0.3) is 11.4 Å². The average Bonchev–Trinajstić information content (AvgIpc) is 3.06. The molecule has 0 saturated carbocycles. The van der Waals surface area contributed by atoms with Crippen LogP contribution in [-0.4, -0.2) is 25.3 Å². The van der Waals surface area contributed by atoms with Gasteiger partial charge in [0.05, 0.1) is 5.02 Å². The van der Waals surface area contributed by atoms with Gasteiger partial charge in [0.15, 0.2) is 5.82 Å². The highest BCUT2D eigenvalue weighted by molar-refractivity contribution is 6.33. The van der Waals surface area contributed by atoms with Gasteiger partial charge in [0.2, 0.25) is 11.7 Å². The summed E-state index contributed by atoms with van der Waals surface area (Å²) in [6.07, 6.45) is 1.24. The van der Waals surface area contributed by atoms with Crippen molar-refractivity contribution in [2.75, 3.05) is 0 Å². The number of aromatic amines is 1. The maximum Gasteiger partial charge on any atom is 0.227 e. The minimum absolute atomic E-state index is 0.497. The molecule has 0 aliphatic rings. The fraction of sp³-hybridized carbons (Fsp3) is 0.231. The Kier molecular flexibility index (Phi) is 3.47. The molecule has 2 heterocycles. The number of hydrogen-bond donors (Lipinski definition) is 1. The lowest BCUT2D eigenvalue weighted by Crippen LogP contribution is -1.94. The number of rotatable bonds is 4. The Morgan fingerprint density at radius 2 is 2.05 bits per heavy atom. The van der Waals surface area contributed by atoms with Crippen LogP contribution in [0.2, 0.25) is 5.02 Å². The van der Waals surface area contributed by atoms with Gasteiger partial charge in [0.1, 0.15) is 5.82 Å². The number of benzene rings is 1. The van der Waals surface area contributed by atoms with E-state index in [-0.39, 0.29) is 0 Å². The first-order chi connectivity index (χ1) is 9.72. The molecule has 1 aromatic carbocycles. The quantitative estimate of drug-likeness (QED) is 0.798. The Morgan fingerprint density at radius 3 is 2.80 bits per heavy atom. The highest BCUT2D eigenvalue weighted by atomic mass is 35.5. The molecule has 102 valence electrons. The van der Waals surface area contributed by atoms with Gasteiger partial charge in [-0.1, -0.05) is 28.9 Å². The highest BCUT2D eigenvalue weighted by Crippen LogP contribution is 2.24. The van der Waals surface area contributed by atoms with Crippen LogP contribution in [0, 0.1) is 6.92 Å². The smallest absolute Gasteiger partial charge is 0.227 e. The van der Waals surface area contributed by atoms with E-state index in [0.717, 1.165) is 17.2 Å². The summed E-state index contributed by atoms with van der Waals surface area (Å²) in [5.41, 5.74) is 0.762. The lowest BCUT2D eigenvalue weighted by molar-refractivity contribution is 0.378. The molecule has 0 atom stereocenters. The largest absolute Gasteiger partial charge is 0.339 e. The van der Waals surface area contributed by atoms with Crippen molar-refractivity contribution < 1.29 is 4.52 Å². The van der Waals surface area contributed by atoms with Gasteiger partial charge in [-0.15, -0.1) is 0 Å². The molecule has 0 amide bonds. The molecule has 6 nitrogen and oxygen atoms in total. The normalized spacial score (nSPS) is 10.9. The van der Waals surface area contributed by atoms with Gasteiger partial charge in [0, 0.05) is 18.4 Å². The molecule has 0 radical (unpaired) electrons. The monoisotopic (exact) mass is 289 g/mol. The molecule has 7 heteroatoms. The van der Waals surface area contributed by atoms with Crippen molar-refractivity contribution in [1.82, 2.24) is 25.3 Å². The second-order valence-corrected chi connectivity index (χ2v) is 4.74. The summed E-state index contributed by atoms with van der Waals surface area (Å²) < 4.78 is 5.22. The van der Waals surface area contributed by atoms with E-state index >= 15 is 0 Å². The first-order valence-corrected chi connectivity index (χ1v) is 6.55. The van der Waals surface area contributed by atoms with Crippen molar-refractivity contribution in [3.05, 3.63) is 46.8 Å². The van der Waals surface area contributed by atoms with E-state index in [9.17, 15) is 0 Å². The first-order valence-electron chi connectivity index (χ1n) is 6.18. The molecule has 1 N–H and O–H groups in total. The van der Waals surface area contributed by atoms with E-state index in [0.29, 0.717) is 29.6 Å². The maximum atomic E-state index is 6.10. The van der Waals surface area contributed by atoms with Gasteiger partial charge in [-0.25, -0.2) is 4.98 Å². The van der Waals surface area contributed by atoms with Crippen molar-refractivity contribution in [3.63, 3.8) is 0 Å². The Balaban J connectivity index is 1.72. The van der Waals surface area contributed by atoms with E-state index in [4.69, 9.17) is 16.1 Å². The Bertz CT molecular complexity index is 721. The first kappa shape index (κ1) is 12.8. The fourth-order valence-corrected chi connectivity index (χ4v) is 2.05. The minimum atomic E-state index is 0.497. The molecule has 3 aromatic rings. The van der Waals surface area contributed by atoms with Crippen molar-refractivity contribution in [2.24, 2.45) is 0 Å². The molecule has 20 heavy (non-hydrogen) atoms. The van der Waals surface area contributed by atoms with E-state index < -0.39 is 0 Å². The molecule has 0 unspecified atom stereocenters. The van der Waals surface area contributed by atoms with Gasteiger partial charge in [-0.05, 0) is 19.1 Å². The minimum Gasteiger partial charge on any atom is -0.339 e. The Labute approximate surface area is 120 Å². The molecular weight excluding hydrogens is 278 g/mol. The summed E-state index contributed by atoms with van der Waals surface area (Å²) >= 11 is 6.10. The molecule has 0 spiro atoms. The molecule has 0 aliphatic carbocycles. The van der Waals surface area contributed by atoms with Gasteiger partial charge >= 0.3 is 0 Å². The molecule has 2 aromatic heterocycles.